The number of carboxylic acid groups (broad SMARTS) is 1. The first-order chi connectivity index (χ1) is 13.4. The van der Waals surface area contributed by atoms with Crippen LogP contribution in [0.25, 0.3) is 0 Å². The van der Waals surface area contributed by atoms with Crippen molar-refractivity contribution in [2.45, 2.75) is 25.8 Å². The van der Waals surface area contributed by atoms with Gasteiger partial charge >= 0.3 is 5.97 Å². The van der Waals surface area contributed by atoms with Crippen molar-refractivity contribution in [3.63, 3.8) is 0 Å². The molecule has 6 nitrogen and oxygen atoms in total. The van der Waals surface area contributed by atoms with Gasteiger partial charge in [-0.2, -0.15) is 0 Å². The van der Waals surface area contributed by atoms with Gasteiger partial charge in [0, 0.05) is 30.4 Å². The first-order valence-corrected chi connectivity index (χ1v) is 9.35. The zero-order valence-corrected chi connectivity index (χ0v) is 16.0. The molecule has 1 N–H and O–H groups in total. The summed E-state index contributed by atoms with van der Waals surface area (Å²) in [5.74, 6) is -1.31. The summed E-state index contributed by atoms with van der Waals surface area (Å²) in [4.78, 5) is 40.3. The van der Waals surface area contributed by atoms with Crippen LogP contribution in [-0.2, 0) is 4.79 Å². The fraction of sp³-hybridized carbons (Fsp3) is 0.318. The van der Waals surface area contributed by atoms with Crippen LogP contribution < -0.4 is 4.90 Å². The third kappa shape index (κ3) is 4.06. The Morgan fingerprint density at radius 1 is 1.04 bits per heavy atom. The molecule has 146 valence electrons. The number of anilines is 1. The standard InChI is InChI=1S/C22H24N2O4/c1-15-11-12-24(19(13-15)22(27)28)21(26)17-8-6-7-16(14-17)20(25)23(2)18-9-4-3-5-10-18/h3-10,14-15,19H,11-13H2,1-2H3,(H,27,28). The third-order valence-electron chi connectivity index (χ3n) is 5.22. The minimum atomic E-state index is -0.990. The Kier molecular flexibility index (Phi) is 5.78. The van der Waals surface area contributed by atoms with Gasteiger partial charge in [-0.1, -0.05) is 31.2 Å². The average Bonchev–Trinajstić information content (AvgIpc) is 2.72. The highest BCUT2D eigenvalue weighted by atomic mass is 16.4. The van der Waals surface area contributed by atoms with Crippen LogP contribution in [-0.4, -0.2) is 47.4 Å². The summed E-state index contributed by atoms with van der Waals surface area (Å²) in [6.07, 6.45) is 1.21. The molecule has 0 radical (unpaired) electrons. The summed E-state index contributed by atoms with van der Waals surface area (Å²) in [5, 5.41) is 9.51. The predicted molar refractivity (Wildman–Crippen MR) is 106 cm³/mol. The van der Waals surface area contributed by atoms with Gasteiger partial charge in [-0.15, -0.1) is 0 Å². The number of benzene rings is 2. The Morgan fingerprint density at radius 3 is 2.39 bits per heavy atom. The molecule has 2 unspecified atom stereocenters. The van der Waals surface area contributed by atoms with E-state index in [1.165, 1.54) is 9.80 Å². The van der Waals surface area contributed by atoms with Gasteiger partial charge in [-0.3, -0.25) is 9.59 Å². The van der Waals surface area contributed by atoms with Gasteiger partial charge in [-0.25, -0.2) is 4.79 Å². The fourth-order valence-corrected chi connectivity index (χ4v) is 3.53. The van der Waals surface area contributed by atoms with E-state index >= 15 is 0 Å². The number of aliphatic carboxylic acids is 1. The highest BCUT2D eigenvalue weighted by molar-refractivity contribution is 6.07. The van der Waals surface area contributed by atoms with Crippen LogP contribution in [0.1, 0.15) is 40.5 Å². The van der Waals surface area contributed by atoms with E-state index < -0.39 is 12.0 Å². The molecule has 1 fully saturated rings. The van der Waals surface area contributed by atoms with Gasteiger partial charge < -0.3 is 14.9 Å². The molecule has 0 spiro atoms. The van der Waals surface area contributed by atoms with Gasteiger partial charge in [0.15, 0.2) is 0 Å². The summed E-state index contributed by atoms with van der Waals surface area (Å²) in [6, 6.07) is 14.9. The Balaban J connectivity index is 1.83. The number of hydrogen-bond acceptors (Lipinski definition) is 3. The minimum absolute atomic E-state index is 0.233. The van der Waals surface area contributed by atoms with Crippen molar-refractivity contribution in [3.05, 3.63) is 65.7 Å². The SMILES string of the molecule is CC1CCN(C(=O)c2cccc(C(=O)N(C)c3ccccc3)c2)C(C(=O)O)C1. The normalized spacial score (nSPS) is 19.1. The van der Waals surface area contributed by atoms with Crippen LogP contribution in [0.5, 0.6) is 0 Å². The van der Waals surface area contributed by atoms with Crippen molar-refractivity contribution in [3.8, 4) is 0 Å². The van der Waals surface area contributed by atoms with Gasteiger partial charge in [0.2, 0.25) is 0 Å². The van der Waals surface area contributed by atoms with Crippen LogP contribution in [0, 0.1) is 5.92 Å². The number of amides is 2. The van der Waals surface area contributed by atoms with Crippen LogP contribution in [0.3, 0.4) is 0 Å². The van der Waals surface area contributed by atoms with Gasteiger partial charge in [-0.05, 0) is 49.1 Å². The lowest BCUT2D eigenvalue weighted by Crippen LogP contribution is -2.49. The van der Waals surface area contributed by atoms with Crippen LogP contribution in [0.4, 0.5) is 5.69 Å². The smallest absolute Gasteiger partial charge is 0.326 e. The zero-order chi connectivity index (χ0) is 20.3. The van der Waals surface area contributed by atoms with Gasteiger partial charge in [0.1, 0.15) is 6.04 Å². The first-order valence-electron chi connectivity index (χ1n) is 9.35. The topological polar surface area (TPSA) is 77.9 Å². The lowest BCUT2D eigenvalue weighted by molar-refractivity contribution is -0.144. The number of hydrogen-bond donors (Lipinski definition) is 1. The van der Waals surface area contributed by atoms with Crippen molar-refractivity contribution in [2.75, 3.05) is 18.5 Å². The van der Waals surface area contributed by atoms with E-state index in [1.54, 1.807) is 31.3 Å². The maximum atomic E-state index is 13.0. The maximum Gasteiger partial charge on any atom is 0.326 e. The van der Waals surface area contributed by atoms with E-state index in [2.05, 4.69) is 0 Å². The summed E-state index contributed by atoms with van der Waals surface area (Å²) < 4.78 is 0. The molecular formula is C22H24N2O4. The Bertz CT molecular complexity index is 881. The molecule has 2 aromatic rings. The average molecular weight is 380 g/mol. The third-order valence-corrected chi connectivity index (χ3v) is 5.22. The highest BCUT2D eigenvalue weighted by Crippen LogP contribution is 2.25. The molecule has 6 heteroatoms. The molecule has 1 saturated heterocycles. The number of carbonyl (C=O) groups is 3. The molecule has 2 aromatic carbocycles. The number of carbonyl (C=O) groups excluding carboxylic acids is 2. The van der Waals surface area contributed by atoms with E-state index in [9.17, 15) is 19.5 Å². The quantitative estimate of drug-likeness (QED) is 0.883. The zero-order valence-electron chi connectivity index (χ0n) is 16.0. The molecule has 3 rings (SSSR count). The van der Waals surface area contributed by atoms with Gasteiger partial charge in [0.25, 0.3) is 11.8 Å². The first kappa shape index (κ1) is 19.6. The molecule has 0 saturated carbocycles. The Labute approximate surface area is 164 Å². The predicted octanol–water partition coefficient (Wildman–Crippen LogP) is 3.29. The minimum Gasteiger partial charge on any atom is -0.480 e. The van der Waals surface area contributed by atoms with Crippen molar-refractivity contribution < 1.29 is 19.5 Å². The monoisotopic (exact) mass is 380 g/mol. The van der Waals surface area contributed by atoms with E-state index in [0.717, 1.165) is 12.1 Å². The van der Waals surface area contributed by atoms with Crippen LogP contribution in [0.15, 0.2) is 54.6 Å². The molecule has 2 amide bonds. The molecule has 1 aliphatic rings. The number of rotatable bonds is 4. The summed E-state index contributed by atoms with van der Waals surface area (Å²) in [6.45, 7) is 2.40. The van der Waals surface area contributed by atoms with E-state index in [1.807, 2.05) is 37.3 Å². The van der Waals surface area contributed by atoms with Gasteiger partial charge in [0.05, 0.1) is 0 Å². The van der Waals surface area contributed by atoms with Crippen molar-refractivity contribution in [1.82, 2.24) is 4.90 Å². The largest absolute Gasteiger partial charge is 0.480 e. The fourth-order valence-electron chi connectivity index (χ4n) is 3.53. The Hall–Kier alpha value is -3.15. The molecule has 0 bridgehead atoms. The lowest BCUT2D eigenvalue weighted by Gasteiger charge is -2.36. The van der Waals surface area contributed by atoms with Crippen LogP contribution in [0.2, 0.25) is 0 Å². The summed E-state index contributed by atoms with van der Waals surface area (Å²) >= 11 is 0. The van der Waals surface area contributed by atoms with Crippen LogP contribution >= 0.6 is 0 Å². The molecule has 1 heterocycles. The van der Waals surface area contributed by atoms with E-state index in [0.29, 0.717) is 24.1 Å². The second-order valence-corrected chi connectivity index (χ2v) is 7.26. The summed E-state index contributed by atoms with van der Waals surface area (Å²) in [7, 11) is 1.68. The second-order valence-electron chi connectivity index (χ2n) is 7.26. The van der Waals surface area contributed by atoms with Crippen molar-refractivity contribution in [2.24, 2.45) is 5.92 Å². The maximum absolute atomic E-state index is 13.0. The number of nitrogens with zero attached hydrogens (tertiary/aromatic N) is 2. The number of piperidine rings is 1. The van der Waals surface area contributed by atoms with E-state index in [-0.39, 0.29) is 17.7 Å². The molecule has 1 aliphatic heterocycles. The molecule has 28 heavy (non-hydrogen) atoms. The molecule has 2 atom stereocenters. The highest BCUT2D eigenvalue weighted by Gasteiger charge is 2.35. The summed E-state index contributed by atoms with van der Waals surface area (Å²) in [5.41, 5.74) is 1.46. The number of para-hydroxylation sites is 1. The molecule has 0 aromatic heterocycles. The van der Waals surface area contributed by atoms with Crippen molar-refractivity contribution >= 4 is 23.5 Å². The molecule has 0 aliphatic carbocycles. The molecular weight excluding hydrogens is 356 g/mol. The Morgan fingerprint density at radius 2 is 1.71 bits per heavy atom. The second kappa shape index (κ2) is 8.25. The van der Waals surface area contributed by atoms with Crippen molar-refractivity contribution in [1.29, 1.82) is 0 Å². The van der Waals surface area contributed by atoms with E-state index in [4.69, 9.17) is 0 Å². The lowest BCUT2D eigenvalue weighted by atomic mass is 9.91. The number of carboxylic acids is 1. The number of likely N-dealkylation sites (tertiary alicyclic amines) is 1.